The van der Waals surface area contributed by atoms with Crippen LogP contribution in [0.1, 0.15) is 18.9 Å². The summed E-state index contributed by atoms with van der Waals surface area (Å²) in [5.41, 5.74) is 6.65. The molecule has 5 heteroatoms. The van der Waals surface area contributed by atoms with Crippen LogP contribution in [0.5, 0.6) is 0 Å². The fourth-order valence-corrected chi connectivity index (χ4v) is 2.04. The molecule has 0 saturated heterocycles. The van der Waals surface area contributed by atoms with Gasteiger partial charge in [0.15, 0.2) is 0 Å². The van der Waals surface area contributed by atoms with E-state index in [0.29, 0.717) is 19.5 Å². The summed E-state index contributed by atoms with van der Waals surface area (Å²) in [6, 6.07) is 5.79. The molecule has 4 nitrogen and oxygen atoms in total. The van der Waals surface area contributed by atoms with E-state index in [1.807, 2.05) is 13.0 Å². The molecule has 0 fully saturated rings. The van der Waals surface area contributed by atoms with E-state index in [-0.39, 0.29) is 18.3 Å². The van der Waals surface area contributed by atoms with Crippen molar-refractivity contribution in [3.63, 3.8) is 0 Å². The van der Waals surface area contributed by atoms with Crippen LogP contribution >= 0.6 is 0 Å². The fraction of sp³-hybridized carbons (Fsp3) is 0.533. The summed E-state index contributed by atoms with van der Waals surface area (Å²) in [4.78, 5) is 13.9. The van der Waals surface area contributed by atoms with E-state index in [4.69, 9.17) is 10.5 Å². The molecule has 0 saturated carbocycles. The minimum Gasteiger partial charge on any atom is -0.383 e. The van der Waals surface area contributed by atoms with Crippen LogP contribution in [0.3, 0.4) is 0 Å². The van der Waals surface area contributed by atoms with Crippen LogP contribution in [0.4, 0.5) is 4.39 Å². The van der Waals surface area contributed by atoms with Crippen LogP contribution in [0.2, 0.25) is 0 Å². The maximum atomic E-state index is 13.1. The predicted molar refractivity (Wildman–Crippen MR) is 76.8 cm³/mol. The van der Waals surface area contributed by atoms with Gasteiger partial charge in [-0.3, -0.25) is 4.79 Å². The second-order valence-corrected chi connectivity index (χ2v) is 4.77. The van der Waals surface area contributed by atoms with E-state index < -0.39 is 6.04 Å². The Hall–Kier alpha value is -1.46. The van der Waals surface area contributed by atoms with Gasteiger partial charge in [-0.1, -0.05) is 19.1 Å². The number of nitrogens with two attached hydrogens (primary N) is 1. The number of nitrogens with zero attached hydrogens (tertiary/aromatic N) is 1. The van der Waals surface area contributed by atoms with Gasteiger partial charge in [0.25, 0.3) is 0 Å². The first-order valence-corrected chi connectivity index (χ1v) is 6.86. The molecule has 0 spiro atoms. The third-order valence-corrected chi connectivity index (χ3v) is 3.03. The zero-order valence-corrected chi connectivity index (χ0v) is 12.1. The molecule has 1 amide bonds. The van der Waals surface area contributed by atoms with E-state index in [2.05, 4.69) is 0 Å². The van der Waals surface area contributed by atoms with Crippen molar-refractivity contribution in [2.45, 2.75) is 25.8 Å². The molecule has 20 heavy (non-hydrogen) atoms. The normalized spacial score (nSPS) is 12.2. The molecule has 0 heterocycles. The second-order valence-electron chi connectivity index (χ2n) is 4.77. The van der Waals surface area contributed by atoms with Crippen LogP contribution in [0.25, 0.3) is 0 Å². The minimum absolute atomic E-state index is 0.120. The number of carbonyl (C=O) groups is 1. The van der Waals surface area contributed by atoms with Crippen LogP contribution < -0.4 is 5.73 Å². The standard InChI is InChI=1S/C15H23FN2O2/c1-3-8-18(15(19)14(17)11-20-2)9-7-12-5-4-6-13(16)10-12/h4-6,10,14H,3,7-9,11,17H2,1-2H3. The Morgan fingerprint density at radius 1 is 1.45 bits per heavy atom. The van der Waals surface area contributed by atoms with Gasteiger partial charge in [0.05, 0.1) is 6.61 Å². The second kappa shape index (κ2) is 8.66. The highest BCUT2D eigenvalue weighted by molar-refractivity contribution is 5.81. The quantitative estimate of drug-likeness (QED) is 0.787. The molecule has 0 radical (unpaired) electrons. The van der Waals surface area contributed by atoms with Gasteiger partial charge in [-0.15, -0.1) is 0 Å². The lowest BCUT2D eigenvalue weighted by Gasteiger charge is -2.25. The van der Waals surface area contributed by atoms with Gasteiger partial charge in [-0.2, -0.15) is 0 Å². The number of hydrogen-bond donors (Lipinski definition) is 1. The zero-order valence-electron chi connectivity index (χ0n) is 12.1. The number of rotatable bonds is 8. The van der Waals surface area contributed by atoms with E-state index in [0.717, 1.165) is 12.0 Å². The van der Waals surface area contributed by atoms with Gasteiger partial charge in [0.1, 0.15) is 11.9 Å². The Kier molecular flexibility index (Phi) is 7.18. The summed E-state index contributed by atoms with van der Waals surface area (Å²) in [6.07, 6.45) is 1.47. The first kappa shape index (κ1) is 16.6. The highest BCUT2D eigenvalue weighted by Crippen LogP contribution is 2.06. The van der Waals surface area contributed by atoms with E-state index >= 15 is 0 Å². The van der Waals surface area contributed by atoms with E-state index in [1.165, 1.54) is 19.2 Å². The molecule has 0 bridgehead atoms. The van der Waals surface area contributed by atoms with Gasteiger partial charge in [-0.25, -0.2) is 4.39 Å². The maximum Gasteiger partial charge on any atom is 0.241 e. The SMILES string of the molecule is CCCN(CCc1cccc(F)c1)C(=O)C(N)COC. The van der Waals surface area contributed by atoms with Crippen LogP contribution in [-0.2, 0) is 16.0 Å². The largest absolute Gasteiger partial charge is 0.383 e. The molecule has 1 aromatic carbocycles. The lowest BCUT2D eigenvalue weighted by molar-refractivity contribution is -0.133. The summed E-state index contributed by atoms with van der Waals surface area (Å²) in [6.45, 7) is 3.39. The first-order valence-electron chi connectivity index (χ1n) is 6.86. The van der Waals surface area contributed by atoms with Crippen molar-refractivity contribution < 1.29 is 13.9 Å². The molecule has 0 aliphatic rings. The summed E-state index contributed by atoms with van der Waals surface area (Å²) in [5, 5.41) is 0. The van der Waals surface area contributed by atoms with Crippen molar-refractivity contribution in [2.24, 2.45) is 5.73 Å². The number of hydrogen-bond acceptors (Lipinski definition) is 3. The Morgan fingerprint density at radius 3 is 2.80 bits per heavy atom. The van der Waals surface area contributed by atoms with Gasteiger partial charge in [0, 0.05) is 20.2 Å². The van der Waals surface area contributed by atoms with Gasteiger partial charge in [0.2, 0.25) is 5.91 Å². The number of benzene rings is 1. The molecule has 1 atom stereocenters. The Morgan fingerprint density at radius 2 is 2.20 bits per heavy atom. The van der Waals surface area contributed by atoms with Crippen molar-refractivity contribution in [2.75, 3.05) is 26.8 Å². The predicted octanol–water partition coefficient (Wildman–Crippen LogP) is 1.58. The van der Waals surface area contributed by atoms with Crippen LogP contribution in [-0.4, -0.2) is 43.7 Å². The number of carbonyl (C=O) groups excluding carboxylic acids is 1. The molecule has 112 valence electrons. The molecule has 1 aromatic rings. The lowest BCUT2D eigenvalue weighted by atomic mass is 10.1. The lowest BCUT2D eigenvalue weighted by Crippen LogP contribution is -2.47. The van der Waals surface area contributed by atoms with Crippen molar-refractivity contribution in [1.29, 1.82) is 0 Å². The third kappa shape index (κ3) is 5.27. The Bertz CT molecular complexity index is 426. The highest BCUT2D eigenvalue weighted by Gasteiger charge is 2.20. The molecule has 0 aromatic heterocycles. The van der Waals surface area contributed by atoms with E-state index in [1.54, 1.807) is 11.0 Å². The molecule has 1 unspecified atom stereocenters. The Balaban J connectivity index is 2.60. The smallest absolute Gasteiger partial charge is 0.241 e. The maximum absolute atomic E-state index is 13.1. The highest BCUT2D eigenvalue weighted by atomic mass is 19.1. The molecule has 0 aliphatic heterocycles. The average Bonchev–Trinajstić information content (AvgIpc) is 2.43. The average molecular weight is 282 g/mol. The molecule has 0 aliphatic carbocycles. The molecular formula is C15H23FN2O2. The minimum atomic E-state index is -0.640. The third-order valence-electron chi connectivity index (χ3n) is 3.03. The van der Waals surface area contributed by atoms with Crippen LogP contribution in [0.15, 0.2) is 24.3 Å². The number of methoxy groups -OCH3 is 1. The molecular weight excluding hydrogens is 259 g/mol. The van der Waals surface area contributed by atoms with Crippen molar-refractivity contribution in [3.05, 3.63) is 35.6 Å². The van der Waals surface area contributed by atoms with E-state index in [9.17, 15) is 9.18 Å². The van der Waals surface area contributed by atoms with Gasteiger partial charge in [-0.05, 0) is 30.5 Å². The summed E-state index contributed by atoms with van der Waals surface area (Å²) in [5.74, 6) is -0.378. The number of ether oxygens (including phenoxy) is 1. The Labute approximate surface area is 119 Å². The monoisotopic (exact) mass is 282 g/mol. The summed E-state index contributed by atoms with van der Waals surface area (Å²) >= 11 is 0. The topological polar surface area (TPSA) is 55.6 Å². The first-order chi connectivity index (χ1) is 9.58. The molecule has 1 rings (SSSR count). The number of halogens is 1. The number of amides is 1. The fourth-order valence-electron chi connectivity index (χ4n) is 2.04. The molecule has 2 N–H and O–H groups in total. The van der Waals surface area contributed by atoms with Crippen LogP contribution in [0, 0.1) is 5.82 Å². The summed E-state index contributed by atoms with van der Waals surface area (Å²) in [7, 11) is 1.52. The van der Waals surface area contributed by atoms with Crippen molar-refractivity contribution >= 4 is 5.91 Å². The summed E-state index contributed by atoms with van der Waals surface area (Å²) < 4.78 is 18.0. The van der Waals surface area contributed by atoms with Gasteiger partial charge < -0.3 is 15.4 Å². The van der Waals surface area contributed by atoms with Crippen molar-refractivity contribution in [3.8, 4) is 0 Å². The zero-order chi connectivity index (χ0) is 15.0. The van der Waals surface area contributed by atoms with Gasteiger partial charge >= 0.3 is 0 Å². The van der Waals surface area contributed by atoms with Crippen molar-refractivity contribution in [1.82, 2.24) is 4.90 Å².